The van der Waals surface area contributed by atoms with Crippen LogP contribution in [0.4, 0.5) is 0 Å². The van der Waals surface area contributed by atoms with Gasteiger partial charge in [0.2, 0.25) is 0 Å². The van der Waals surface area contributed by atoms with E-state index in [1.54, 1.807) is 0 Å². The van der Waals surface area contributed by atoms with Crippen LogP contribution in [-0.2, 0) is 0 Å². The first kappa shape index (κ1) is 33.5. The Morgan fingerprint density at radius 3 is 2.06 bits per heavy atom. The van der Waals surface area contributed by atoms with E-state index in [9.17, 15) is 10.2 Å². The fourth-order valence-corrected chi connectivity index (χ4v) is 6.04. The summed E-state index contributed by atoms with van der Waals surface area (Å²) >= 11 is 0. The highest BCUT2D eigenvalue weighted by molar-refractivity contribution is 5.35. The van der Waals surface area contributed by atoms with Crippen molar-refractivity contribution in [1.82, 2.24) is 5.32 Å². The van der Waals surface area contributed by atoms with Crippen LogP contribution in [0.15, 0.2) is 23.3 Å². The zero-order chi connectivity index (χ0) is 24.2. The lowest BCUT2D eigenvalue weighted by Gasteiger charge is -2.49. The number of aliphatic hydroxyl groups is 2. The lowest BCUT2D eigenvalue weighted by molar-refractivity contribution is -0.0407. The van der Waals surface area contributed by atoms with Gasteiger partial charge in [-0.05, 0) is 95.2 Å². The van der Waals surface area contributed by atoms with Gasteiger partial charge in [0.15, 0.2) is 0 Å². The van der Waals surface area contributed by atoms with Gasteiger partial charge in [-0.1, -0.05) is 73.6 Å². The van der Waals surface area contributed by atoms with E-state index in [-0.39, 0.29) is 18.9 Å². The summed E-state index contributed by atoms with van der Waals surface area (Å²) in [4.78, 5) is 0. The molecule has 0 saturated heterocycles. The fraction of sp³-hybridized carbons (Fsp3) is 0.862. The maximum atomic E-state index is 11.7. The molecule has 0 radical (unpaired) electrons. The topological polar surface area (TPSA) is 52.5 Å². The summed E-state index contributed by atoms with van der Waals surface area (Å²) in [5.74, 6) is 1.66. The Bertz CT molecular complexity index is 555. The molecular formula is C29H59NO2. The predicted octanol–water partition coefficient (Wildman–Crippen LogP) is 7.53. The molecule has 4 rings (SSSR count). The van der Waals surface area contributed by atoms with Crippen LogP contribution in [0.1, 0.15) is 114 Å². The second-order valence-electron chi connectivity index (χ2n) is 9.18. The monoisotopic (exact) mass is 453 g/mol. The number of allylic oxidation sites excluding steroid dienone is 3. The normalized spacial score (nSPS) is 36.2. The summed E-state index contributed by atoms with van der Waals surface area (Å²) in [6, 6.07) is 0. The van der Waals surface area contributed by atoms with Crippen molar-refractivity contribution < 1.29 is 10.2 Å². The molecule has 3 N–H and O–H groups in total. The number of fused-ring (bicyclic) bond motifs is 4. The SMILES string of the molecule is C.CC.CC.CC.CC1=CCC2C1(C)CC=C1CC3CC(O)CCC3CC[C@@]12O.CNC. The fourth-order valence-electron chi connectivity index (χ4n) is 6.04. The van der Waals surface area contributed by atoms with Crippen molar-refractivity contribution in [2.75, 3.05) is 14.1 Å². The minimum atomic E-state index is -0.594. The molecule has 3 nitrogen and oxygen atoms in total. The van der Waals surface area contributed by atoms with E-state index < -0.39 is 5.60 Å². The molecule has 2 fully saturated rings. The molecule has 0 heterocycles. The molecule has 0 aromatic carbocycles. The first-order chi connectivity index (χ1) is 14.8. The molecule has 0 bridgehead atoms. The van der Waals surface area contributed by atoms with Gasteiger partial charge < -0.3 is 15.5 Å². The lowest BCUT2D eigenvalue weighted by Crippen LogP contribution is -2.48. The molecule has 0 aromatic rings. The van der Waals surface area contributed by atoms with E-state index in [1.165, 1.54) is 11.1 Å². The summed E-state index contributed by atoms with van der Waals surface area (Å²) in [7, 11) is 3.75. The van der Waals surface area contributed by atoms with Crippen LogP contribution in [0.25, 0.3) is 0 Å². The third kappa shape index (κ3) is 7.18. The maximum Gasteiger partial charge on any atom is 0.0896 e. The van der Waals surface area contributed by atoms with E-state index in [0.717, 1.165) is 51.4 Å². The van der Waals surface area contributed by atoms with Crippen molar-refractivity contribution in [1.29, 1.82) is 0 Å². The number of hydrogen-bond donors (Lipinski definition) is 3. The van der Waals surface area contributed by atoms with Gasteiger partial charge in [-0.25, -0.2) is 0 Å². The Morgan fingerprint density at radius 2 is 1.50 bits per heavy atom. The second-order valence-corrected chi connectivity index (χ2v) is 9.18. The maximum absolute atomic E-state index is 11.7. The van der Waals surface area contributed by atoms with Crippen molar-refractivity contribution in [3.63, 3.8) is 0 Å². The smallest absolute Gasteiger partial charge is 0.0896 e. The molecule has 0 amide bonds. The highest BCUT2D eigenvalue weighted by Crippen LogP contribution is 2.60. The Kier molecular flexibility index (Phi) is 16.8. The van der Waals surface area contributed by atoms with Gasteiger partial charge in [-0.15, -0.1) is 0 Å². The van der Waals surface area contributed by atoms with Gasteiger partial charge in [0.25, 0.3) is 0 Å². The molecule has 0 aliphatic heterocycles. The van der Waals surface area contributed by atoms with E-state index in [1.807, 2.05) is 55.6 Å². The first-order valence-corrected chi connectivity index (χ1v) is 13.2. The molecule has 5 unspecified atom stereocenters. The molecule has 2 saturated carbocycles. The summed E-state index contributed by atoms with van der Waals surface area (Å²) in [5, 5.41) is 24.5. The third-order valence-electron chi connectivity index (χ3n) is 7.73. The predicted molar refractivity (Wildman–Crippen MR) is 144 cm³/mol. The first-order valence-electron chi connectivity index (χ1n) is 13.2. The van der Waals surface area contributed by atoms with Crippen molar-refractivity contribution >= 4 is 0 Å². The van der Waals surface area contributed by atoms with Gasteiger partial charge in [0.1, 0.15) is 0 Å². The summed E-state index contributed by atoms with van der Waals surface area (Å²) < 4.78 is 0. The van der Waals surface area contributed by atoms with Crippen molar-refractivity contribution in [3.05, 3.63) is 23.3 Å². The summed E-state index contributed by atoms with van der Waals surface area (Å²) in [6.07, 6.45) is 12.9. The van der Waals surface area contributed by atoms with Gasteiger partial charge in [-0.3, -0.25) is 0 Å². The van der Waals surface area contributed by atoms with E-state index in [0.29, 0.717) is 17.8 Å². The average Bonchev–Trinajstić information content (AvgIpc) is 3.01. The second kappa shape index (κ2) is 16.1. The largest absolute Gasteiger partial charge is 0.393 e. The molecule has 0 spiro atoms. The Labute approximate surface area is 202 Å². The van der Waals surface area contributed by atoms with Crippen LogP contribution in [0.3, 0.4) is 0 Å². The highest BCUT2D eigenvalue weighted by Gasteiger charge is 2.55. The minimum Gasteiger partial charge on any atom is -0.393 e. The molecule has 32 heavy (non-hydrogen) atoms. The van der Waals surface area contributed by atoms with Crippen LogP contribution in [0.2, 0.25) is 0 Å². The van der Waals surface area contributed by atoms with Crippen LogP contribution < -0.4 is 5.32 Å². The van der Waals surface area contributed by atoms with Gasteiger partial charge in [0.05, 0.1) is 11.7 Å². The Balaban J connectivity index is 0. The number of nitrogens with one attached hydrogen (secondary N) is 1. The van der Waals surface area contributed by atoms with Crippen LogP contribution in [-0.4, -0.2) is 36.0 Å². The summed E-state index contributed by atoms with van der Waals surface area (Å²) in [5.41, 5.74) is 2.34. The molecule has 4 aliphatic rings. The molecule has 3 heteroatoms. The Hall–Kier alpha value is -0.640. The molecule has 0 aromatic heterocycles. The van der Waals surface area contributed by atoms with Crippen molar-refractivity contribution in [2.45, 2.75) is 126 Å². The lowest BCUT2D eigenvalue weighted by atomic mass is 9.59. The molecule has 4 aliphatic carbocycles. The van der Waals surface area contributed by atoms with Gasteiger partial charge >= 0.3 is 0 Å². The van der Waals surface area contributed by atoms with E-state index in [4.69, 9.17) is 0 Å². The van der Waals surface area contributed by atoms with Crippen molar-refractivity contribution in [2.24, 2.45) is 23.2 Å². The Morgan fingerprint density at radius 1 is 0.938 bits per heavy atom. The van der Waals surface area contributed by atoms with Gasteiger partial charge in [0, 0.05) is 5.92 Å². The van der Waals surface area contributed by atoms with Crippen LogP contribution in [0, 0.1) is 23.2 Å². The molecule has 6 atom stereocenters. The number of rotatable bonds is 0. The summed E-state index contributed by atoms with van der Waals surface area (Å²) in [6.45, 7) is 16.6. The minimum absolute atomic E-state index is 0. The number of hydrogen-bond acceptors (Lipinski definition) is 3. The average molecular weight is 454 g/mol. The standard InChI is InChI=1S/C20H30O2.C2H7N.3C2H6.CH4/c1-13-3-6-18-19(13,2)9-8-16-11-15-12-17(21)5-4-14(15)7-10-20(16,18)22;1-3-2;3*1-2;/h3,8,14-15,17-18,21-22H,4-7,9-12H2,1-2H3;3H,1-2H3;3*1-2H3;1H4/t14?,15?,17?,18?,19?,20-;;;;;/m1...../s1. The number of aliphatic hydroxyl groups excluding tert-OH is 1. The quantitative estimate of drug-likeness (QED) is 0.332. The zero-order valence-corrected chi connectivity index (χ0v) is 22.5. The van der Waals surface area contributed by atoms with Crippen LogP contribution >= 0.6 is 0 Å². The van der Waals surface area contributed by atoms with Crippen molar-refractivity contribution in [3.8, 4) is 0 Å². The van der Waals surface area contributed by atoms with Gasteiger partial charge in [-0.2, -0.15) is 0 Å². The third-order valence-corrected chi connectivity index (χ3v) is 7.73. The zero-order valence-electron chi connectivity index (χ0n) is 22.5. The van der Waals surface area contributed by atoms with Crippen LogP contribution in [0.5, 0.6) is 0 Å². The van der Waals surface area contributed by atoms with E-state index in [2.05, 4.69) is 31.3 Å². The molecule has 192 valence electrons. The molecular weight excluding hydrogens is 394 g/mol. The highest BCUT2D eigenvalue weighted by atomic mass is 16.3. The van der Waals surface area contributed by atoms with E-state index >= 15 is 0 Å².